The largest absolute Gasteiger partial charge is 0.357 e. The molecule has 2 aromatic heterocycles. The van der Waals surface area contributed by atoms with Crippen LogP contribution in [0.5, 0.6) is 0 Å². The number of aromatic nitrogens is 4. The van der Waals surface area contributed by atoms with Gasteiger partial charge in [0.2, 0.25) is 11.9 Å². The quantitative estimate of drug-likeness (QED) is 0.665. The minimum Gasteiger partial charge on any atom is -0.357 e. The highest BCUT2D eigenvalue weighted by Gasteiger charge is 2.32. The first-order chi connectivity index (χ1) is 14.5. The Morgan fingerprint density at radius 3 is 2.37 bits per heavy atom. The standard InChI is InChI=1S/C20H27N7O3/c1-23-16(13-17(28)24(2)20(23)30)27-8-3-5-15(14-27)18(29)25-9-11-26(12-10-25)19-21-6-4-7-22-19/h4,6-7,13,15H,3,5,8-12,14H2,1-2H3. The minimum absolute atomic E-state index is 0.141. The first-order valence-corrected chi connectivity index (χ1v) is 10.3. The number of hydrogen-bond donors (Lipinski definition) is 0. The van der Waals surface area contributed by atoms with Crippen LogP contribution in [-0.4, -0.2) is 69.2 Å². The fourth-order valence-electron chi connectivity index (χ4n) is 4.25. The molecule has 0 bridgehead atoms. The maximum atomic E-state index is 13.2. The van der Waals surface area contributed by atoms with Crippen LogP contribution >= 0.6 is 0 Å². The average molecular weight is 413 g/mol. The van der Waals surface area contributed by atoms with E-state index in [4.69, 9.17) is 0 Å². The molecule has 30 heavy (non-hydrogen) atoms. The van der Waals surface area contributed by atoms with Gasteiger partial charge in [0.15, 0.2) is 0 Å². The van der Waals surface area contributed by atoms with Crippen molar-refractivity contribution in [2.75, 3.05) is 49.1 Å². The van der Waals surface area contributed by atoms with Crippen molar-refractivity contribution in [3.8, 4) is 0 Å². The van der Waals surface area contributed by atoms with Crippen LogP contribution in [0.25, 0.3) is 0 Å². The predicted molar refractivity (Wildman–Crippen MR) is 113 cm³/mol. The topological polar surface area (TPSA) is 96.6 Å². The van der Waals surface area contributed by atoms with Gasteiger partial charge in [-0.1, -0.05) is 0 Å². The molecule has 0 spiro atoms. The van der Waals surface area contributed by atoms with Crippen LogP contribution in [0, 0.1) is 5.92 Å². The number of piperazine rings is 1. The first-order valence-electron chi connectivity index (χ1n) is 10.3. The van der Waals surface area contributed by atoms with Crippen LogP contribution in [0.2, 0.25) is 0 Å². The lowest BCUT2D eigenvalue weighted by Crippen LogP contribution is -2.53. The van der Waals surface area contributed by atoms with E-state index in [1.807, 2.05) is 9.80 Å². The second-order valence-electron chi connectivity index (χ2n) is 7.89. The third kappa shape index (κ3) is 3.81. The van der Waals surface area contributed by atoms with Gasteiger partial charge in [0.25, 0.3) is 5.56 Å². The first kappa shape index (κ1) is 20.1. The Kier molecular flexibility index (Phi) is 5.56. The second-order valence-corrected chi connectivity index (χ2v) is 7.89. The SMILES string of the molecule is Cn1c(N2CCCC(C(=O)N3CCN(c4ncccn4)CC3)C2)cc(=O)n(C)c1=O. The van der Waals surface area contributed by atoms with E-state index in [9.17, 15) is 14.4 Å². The van der Waals surface area contributed by atoms with Gasteiger partial charge in [-0.25, -0.2) is 14.8 Å². The van der Waals surface area contributed by atoms with Crippen LogP contribution in [0.1, 0.15) is 12.8 Å². The molecular formula is C20H27N7O3. The molecule has 1 unspecified atom stereocenters. The van der Waals surface area contributed by atoms with Crippen molar-refractivity contribution in [1.29, 1.82) is 0 Å². The average Bonchev–Trinajstić information content (AvgIpc) is 2.80. The van der Waals surface area contributed by atoms with Gasteiger partial charge in [-0.2, -0.15) is 0 Å². The van der Waals surface area contributed by atoms with E-state index in [0.29, 0.717) is 44.5 Å². The third-order valence-electron chi connectivity index (χ3n) is 6.02. The number of nitrogens with zero attached hydrogens (tertiary/aromatic N) is 7. The Labute approximate surface area is 174 Å². The van der Waals surface area contributed by atoms with Crippen LogP contribution in [0.15, 0.2) is 34.1 Å². The van der Waals surface area contributed by atoms with Gasteiger partial charge in [0.05, 0.1) is 5.92 Å². The molecule has 2 fully saturated rings. The molecule has 10 heteroatoms. The number of hydrogen-bond acceptors (Lipinski definition) is 7. The summed E-state index contributed by atoms with van der Waals surface area (Å²) in [6.07, 6.45) is 5.11. The van der Waals surface area contributed by atoms with E-state index in [2.05, 4.69) is 14.9 Å². The highest BCUT2D eigenvalue weighted by molar-refractivity contribution is 5.80. The van der Waals surface area contributed by atoms with Crippen molar-refractivity contribution in [3.63, 3.8) is 0 Å². The number of anilines is 2. The van der Waals surface area contributed by atoms with E-state index in [1.54, 1.807) is 25.5 Å². The van der Waals surface area contributed by atoms with Crippen LogP contribution < -0.4 is 21.0 Å². The summed E-state index contributed by atoms with van der Waals surface area (Å²) in [5.74, 6) is 1.27. The Balaban J connectivity index is 1.42. The fraction of sp³-hybridized carbons (Fsp3) is 0.550. The third-order valence-corrected chi connectivity index (χ3v) is 6.02. The van der Waals surface area contributed by atoms with Crippen LogP contribution in [0.3, 0.4) is 0 Å². The summed E-state index contributed by atoms with van der Waals surface area (Å²) in [5.41, 5.74) is -0.689. The molecule has 2 aliphatic heterocycles. The summed E-state index contributed by atoms with van der Waals surface area (Å²) < 4.78 is 2.57. The molecule has 0 aliphatic carbocycles. The molecule has 0 N–H and O–H groups in total. The van der Waals surface area contributed by atoms with E-state index in [1.165, 1.54) is 17.7 Å². The molecule has 1 amide bonds. The molecule has 4 rings (SSSR count). The lowest BCUT2D eigenvalue weighted by molar-refractivity contribution is -0.136. The van der Waals surface area contributed by atoms with Gasteiger partial charge in [0, 0.05) is 71.8 Å². The molecule has 1 atom stereocenters. The van der Waals surface area contributed by atoms with Gasteiger partial charge >= 0.3 is 5.69 Å². The van der Waals surface area contributed by atoms with Gasteiger partial charge in [0.1, 0.15) is 5.82 Å². The molecule has 0 radical (unpaired) electrons. The smallest absolute Gasteiger partial charge is 0.332 e. The van der Waals surface area contributed by atoms with Crippen molar-refractivity contribution < 1.29 is 4.79 Å². The van der Waals surface area contributed by atoms with E-state index < -0.39 is 0 Å². The van der Waals surface area contributed by atoms with Crippen molar-refractivity contribution in [3.05, 3.63) is 45.4 Å². The number of amides is 1. The van der Waals surface area contributed by atoms with Gasteiger partial charge in [-0.15, -0.1) is 0 Å². The normalized spacial score (nSPS) is 19.8. The number of piperidine rings is 1. The Morgan fingerprint density at radius 1 is 0.967 bits per heavy atom. The molecule has 2 aliphatic rings. The van der Waals surface area contributed by atoms with E-state index in [0.717, 1.165) is 24.0 Å². The monoisotopic (exact) mass is 413 g/mol. The number of carbonyl (C=O) groups is 1. The van der Waals surface area contributed by atoms with Gasteiger partial charge in [-0.3, -0.25) is 18.7 Å². The van der Waals surface area contributed by atoms with Crippen LogP contribution in [-0.2, 0) is 18.9 Å². The van der Waals surface area contributed by atoms with Crippen molar-refractivity contribution in [1.82, 2.24) is 24.0 Å². The zero-order chi connectivity index (χ0) is 21.3. The summed E-state index contributed by atoms with van der Waals surface area (Å²) in [7, 11) is 3.13. The van der Waals surface area contributed by atoms with Crippen LogP contribution in [0.4, 0.5) is 11.8 Å². The maximum Gasteiger partial charge on any atom is 0.332 e. The summed E-state index contributed by atoms with van der Waals surface area (Å²) >= 11 is 0. The minimum atomic E-state index is -0.356. The lowest BCUT2D eigenvalue weighted by atomic mass is 9.96. The van der Waals surface area contributed by atoms with Crippen molar-refractivity contribution in [2.24, 2.45) is 20.0 Å². The van der Waals surface area contributed by atoms with E-state index >= 15 is 0 Å². The highest BCUT2D eigenvalue weighted by atomic mass is 16.2. The Hall–Kier alpha value is -3.17. The van der Waals surface area contributed by atoms with Gasteiger partial charge < -0.3 is 14.7 Å². The van der Waals surface area contributed by atoms with Crippen molar-refractivity contribution >= 4 is 17.7 Å². The second kappa shape index (κ2) is 8.29. The molecule has 0 saturated carbocycles. The fourth-order valence-corrected chi connectivity index (χ4v) is 4.25. The zero-order valence-electron chi connectivity index (χ0n) is 17.4. The highest BCUT2D eigenvalue weighted by Crippen LogP contribution is 2.23. The van der Waals surface area contributed by atoms with Crippen molar-refractivity contribution in [2.45, 2.75) is 12.8 Å². The molecule has 2 aromatic rings. The molecular weight excluding hydrogens is 386 g/mol. The zero-order valence-corrected chi connectivity index (χ0v) is 17.4. The molecule has 160 valence electrons. The molecule has 2 saturated heterocycles. The number of rotatable bonds is 3. The summed E-state index contributed by atoms with van der Waals surface area (Å²) in [6.45, 7) is 3.92. The van der Waals surface area contributed by atoms with Gasteiger partial charge in [-0.05, 0) is 18.9 Å². The summed E-state index contributed by atoms with van der Waals surface area (Å²) in [6, 6.07) is 3.27. The molecule has 0 aromatic carbocycles. The van der Waals surface area contributed by atoms with E-state index in [-0.39, 0.29) is 23.1 Å². The summed E-state index contributed by atoms with van der Waals surface area (Å²) in [5, 5.41) is 0. The Bertz CT molecular complexity index is 1020. The lowest BCUT2D eigenvalue weighted by Gasteiger charge is -2.39. The predicted octanol–water partition coefficient (Wildman–Crippen LogP) is -0.561. The summed E-state index contributed by atoms with van der Waals surface area (Å²) in [4.78, 5) is 52.1. The molecule has 4 heterocycles. The maximum absolute atomic E-state index is 13.2. The Morgan fingerprint density at radius 2 is 1.67 bits per heavy atom. The number of carbonyl (C=O) groups excluding carboxylic acids is 1. The molecule has 10 nitrogen and oxygen atoms in total.